The SMILES string of the molecule is CNC1CCC=CO1. The van der Waals surface area contributed by atoms with Crippen molar-refractivity contribution in [1.29, 1.82) is 0 Å². The van der Waals surface area contributed by atoms with Crippen LogP contribution in [0.3, 0.4) is 0 Å². The molecular weight excluding hydrogens is 102 g/mol. The van der Waals surface area contributed by atoms with E-state index in [1.807, 2.05) is 13.1 Å². The van der Waals surface area contributed by atoms with E-state index in [1.165, 1.54) is 0 Å². The lowest BCUT2D eigenvalue weighted by molar-refractivity contribution is 0.100. The summed E-state index contributed by atoms with van der Waals surface area (Å²) in [5, 5.41) is 3.03. The van der Waals surface area contributed by atoms with Gasteiger partial charge in [-0.15, -0.1) is 0 Å². The topological polar surface area (TPSA) is 21.3 Å². The first-order chi connectivity index (χ1) is 3.93. The average Bonchev–Trinajstić information content (AvgIpc) is 1.90. The molecule has 46 valence electrons. The van der Waals surface area contributed by atoms with Crippen LogP contribution in [0.25, 0.3) is 0 Å². The molecule has 2 heteroatoms. The molecular formula is C6H11NO. The first-order valence-corrected chi connectivity index (χ1v) is 2.91. The van der Waals surface area contributed by atoms with Crippen molar-refractivity contribution in [2.24, 2.45) is 0 Å². The van der Waals surface area contributed by atoms with E-state index in [0.29, 0.717) is 0 Å². The molecule has 0 amide bonds. The smallest absolute Gasteiger partial charge is 0.149 e. The summed E-state index contributed by atoms with van der Waals surface area (Å²) >= 11 is 0. The minimum Gasteiger partial charge on any atom is -0.483 e. The van der Waals surface area contributed by atoms with Gasteiger partial charge < -0.3 is 4.74 Å². The van der Waals surface area contributed by atoms with E-state index >= 15 is 0 Å². The third kappa shape index (κ3) is 1.23. The second-order valence-electron chi connectivity index (χ2n) is 1.86. The highest BCUT2D eigenvalue weighted by Crippen LogP contribution is 2.05. The molecule has 1 atom stereocenters. The van der Waals surface area contributed by atoms with Gasteiger partial charge in [-0.05, 0) is 19.5 Å². The van der Waals surface area contributed by atoms with Crippen molar-refractivity contribution in [3.8, 4) is 0 Å². The fraction of sp³-hybridized carbons (Fsp3) is 0.667. The number of allylic oxidation sites excluding steroid dienone is 1. The lowest BCUT2D eigenvalue weighted by Gasteiger charge is -2.17. The van der Waals surface area contributed by atoms with E-state index in [4.69, 9.17) is 4.74 Å². The van der Waals surface area contributed by atoms with Crippen LogP contribution < -0.4 is 5.32 Å². The molecule has 0 spiro atoms. The molecule has 1 N–H and O–H groups in total. The molecule has 0 aromatic heterocycles. The molecule has 0 aliphatic carbocycles. The van der Waals surface area contributed by atoms with E-state index in [9.17, 15) is 0 Å². The first-order valence-electron chi connectivity index (χ1n) is 2.91. The predicted octanol–water partition coefficient (Wildman–Crippen LogP) is 0.856. The maximum absolute atomic E-state index is 5.14. The van der Waals surface area contributed by atoms with E-state index < -0.39 is 0 Å². The standard InChI is InChI=1S/C6H11NO/c1-7-6-4-2-3-5-8-6/h3,5-7H,2,4H2,1H3. The third-order valence-corrected chi connectivity index (χ3v) is 1.26. The maximum Gasteiger partial charge on any atom is 0.149 e. The van der Waals surface area contributed by atoms with Crippen molar-refractivity contribution < 1.29 is 4.74 Å². The van der Waals surface area contributed by atoms with Gasteiger partial charge in [0, 0.05) is 6.42 Å². The van der Waals surface area contributed by atoms with Gasteiger partial charge in [-0.1, -0.05) is 0 Å². The zero-order valence-electron chi connectivity index (χ0n) is 5.05. The molecule has 0 radical (unpaired) electrons. The van der Waals surface area contributed by atoms with E-state index in [0.717, 1.165) is 12.8 Å². The Morgan fingerprint density at radius 2 is 2.62 bits per heavy atom. The van der Waals surface area contributed by atoms with Crippen LogP contribution >= 0.6 is 0 Å². The summed E-state index contributed by atoms with van der Waals surface area (Å²) in [6.07, 6.45) is 6.26. The van der Waals surface area contributed by atoms with Crippen LogP contribution in [0.4, 0.5) is 0 Å². The number of hydrogen-bond acceptors (Lipinski definition) is 2. The highest BCUT2D eigenvalue weighted by atomic mass is 16.5. The predicted molar refractivity (Wildman–Crippen MR) is 32.3 cm³/mol. The van der Waals surface area contributed by atoms with Gasteiger partial charge in [0.05, 0.1) is 6.26 Å². The average molecular weight is 113 g/mol. The van der Waals surface area contributed by atoms with E-state index in [-0.39, 0.29) is 6.23 Å². The lowest BCUT2D eigenvalue weighted by atomic mass is 10.2. The van der Waals surface area contributed by atoms with Crippen molar-refractivity contribution in [1.82, 2.24) is 5.32 Å². The Morgan fingerprint density at radius 3 is 3.00 bits per heavy atom. The molecule has 1 unspecified atom stereocenters. The van der Waals surface area contributed by atoms with Crippen LogP contribution in [0.1, 0.15) is 12.8 Å². The molecule has 1 heterocycles. The Balaban J connectivity index is 2.27. The van der Waals surface area contributed by atoms with Crippen LogP contribution in [0.15, 0.2) is 12.3 Å². The zero-order valence-corrected chi connectivity index (χ0v) is 5.05. The van der Waals surface area contributed by atoms with Crippen molar-refractivity contribution in [3.05, 3.63) is 12.3 Å². The number of ether oxygens (including phenoxy) is 1. The summed E-state index contributed by atoms with van der Waals surface area (Å²) in [6, 6.07) is 0. The Labute approximate surface area is 49.5 Å². The van der Waals surface area contributed by atoms with Crippen molar-refractivity contribution in [3.63, 3.8) is 0 Å². The molecule has 8 heavy (non-hydrogen) atoms. The molecule has 2 nitrogen and oxygen atoms in total. The molecule has 0 bridgehead atoms. The van der Waals surface area contributed by atoms with Gasteiger partial charge in [0.2, 0.25) is 0 Å². The fourth-order valence-corrected chi connectivity index (χ4v) is 0.746. The molecule has 0 aromatic rings. The van der Waals surface area contributed by atoms with Gasteiger partial charge in [0.25, 0.3) is 0 Å². The van der Waals surface area contributed by atoms with Crippen LogP contribution in [0.2, 0.25) is 0 Å². The Morgan fingerprint density at radius 1 is 1.75 bits per heavy atom. The number of rotatable bonds is 1. The van der Waals surface area contributed by atoms with Gasteiger partial charge in [0.1, 0.15) is 6.23 Å². The van der Waals surface area contributed by atoms with E-state index in [2.05, 4.69) is 5.32 Å². The molecule has 0 saturated carbocycles. The van der Waals surface area contributed by atoms with Crippen LogP contribution in [0.5, 0.6) is 0 Å². The summed E-state index contributed by atoms with van der Waals surface area (Å²) in [4.78, 5) is 0. The number of hydrogen-bond donors (Lipinski definition) is 1. The van der Waals surface area contributed by atoms with Crippen molar-refractivity contribution >= 4 is 0 Å². The van der Waals surface area contributed by atoms with Crippen molar-refractivity contribution in [2.75, 3.05) is 7.05 Å². The Kier molecular flexibility index (Phi) is 1.92. The minimum atomic E-state index is 0.250. The molecule has 0 saturated heterocycles. The van der Waals surface area contributed by atoms with Crippen LogP contribution in [-0.2, 0) is 4.74 Å². The normalized spacial score (nSPS) is 27.4. The lowest BCUT2D eigenvalue weighted by Crippen LogP contribution is -2.27. The van der Waals surface area contributed by atoms with Gasteiger partial charge in [-0.2, -0.15) is 0 Å². The van der Waals surface area contributed by atoms with Crippen LogP contribution in [-0.4, -0.2) is 13.3 Å². The quantitative estimate of drug-likeness (QED) is 0.544. The summed E-state index contributed by atoms with van der Waals surface area (Å²) in [6.45, 7) is 0. The van der Waals surface area contributed by atoms with E-state index in [1.54, 1.807) is 6.26 Å². The van der Waals surface area contributed by atoms with Crippen molar-refractivity contribution in [2.45, 2.75) is 19.1 Å². The van der Waals surface area contributed by atoms with Crippen LogP contribution in [0, 0.1) is 0 Å². The molecule has 0 fully saturated rings. The molecule has 1 aliphatic heterocycles. The van der Waals surface area contributed by atoms with Gasteiger partial charge >= 0.3 is 0 Å². The molecule has 1 rings (SSSR count). The minimum absolute atomic E-state index is 0.250. The summed E-state index contributed by atoms with van der Waals surface area (Å²) < 4.78 is 5.14. The van der Waals surface area contributed by atoms with Gasteiger partial charge in [-0.3, -0.25) is 5.32 Å². The Hall–Kier alpha value is -0.500. The largest absolute Gasteiger partial charge is 0.483 e. The Bertz CT molecular complexity index is 90.5. The fourth-order valence-electron chi connectivity index (χ4n) is 0.746. The summed E-state index contributed by atoms with van der Waals surface area (Å²) in [7, 11) is 1.91. The monoisotopic (exact) mass is 113 g/mol. The molecule has 0 aromatic carbocycles. The highest BCUT2D eigenvalue weighted by molar-refractivity contribution is 4.80. The summed E-state index contributed by atoms with van der Waals surface area (Å²) in [5.41, 5.74) is 0. The third-order valence-electron chi connectivity index (χ3n) is 1.26. The molecule has 1 aliphatic rings. The zero-order chi connectivity index (χ0) is 5.82. The number of nitrogens with one attached hydrogen (secondary N) is 1. The second-order valence-corrected chi connectivity index (χ2v) is 1.86. The van der Waals surface area contributed by atoms with Gasteiger partial charge in [-0.25, -0.2) is 0 Å². The maximum atomic E-state index is 5.14. The second kappa shape index (κ2) is 2.72. The highest BCUT2D eigenvalue weighted by Gasteiger charge is 2.05. The summed E-state index contributed by atoms with van der Waals surface area (Å²) in [5.74, 6) is 0. The first kappa shape index (κ1) is 5.63. The van der Waals surface area contributed by atoms with Gasteiger partial charge in [0.15, 0.2) is 0 Å².